The monoisotopic (exact) mass is 250 g/mol. The van der Waals surface area contributed by atoms with Crippen LogP contribution in [0.4, 0.5) is 0 Å². The van der Waals surface area contributed by atoms with Gasteiger partial charge < -0.3 is 24.5 Å². The Balaban J connectivity index is 0.000000385. The fourth-order valence-electron chi connectivity index (χ4n) is 0.715. The average molecular weight is 250 g/mol. The summed E-state index contributed by atoms with van der Waals surface area (Å²) in [6, 6.07) is 5.88. The molecule has 0 amide bonds. The molecule has 0 aliphatic heterocycles. The number of aromatic hydroxyl groups is 1. The van der Waals surface area contributed by atoms with Crippen LogP contribution in [0.1, 0.15) is 10.4 Å². The first-order chi connectivity index (χ1) is 7.24. The van der Waals surface area contributed by atoms with Crippen LogP contribution in [0.25, 0.3) is 0 Å². The van der Waals surface area contributed by atoms with Crippen LogP contribution in [0.3, 0.4) is 0 Å². The number of rotatable bonds is 1. The first-order valence-corrected chi connectivity index (χ1v) is 5.46. The van der Waals surface area contributed by atoms with Crippen molar-refractivity contribution in [1.82, 2.24) is 0 Å². The molecule has 7 nitrogen and oxygen atoms in total. The Bertz CT molecular complexity index is 372. The summed E-state index contributed by atoms with van der Waals surface area (Å²) in [5.41, 5.74) is 0.435. The summed E-state index contributed by atoms with van der Waals surface area (Å²) in [4.78, 5) is 32.4. The van der Waals surface area contributed by atoms with Gasteiger partial charge in [0, 0.05) is 0 Å². The molecule has 0 aliphatic rings. The van der Waals surface area contributed by atoms with Crippen molar-refractivity contribution in [3.63, 3.8) is 0 Å². The molecule has 1 aromatic rings. The minimum atomic E-state index is -4.64. The smallest absolute Gasteiger partial charge is 0.466 e. The highest BCUT2D eigenvalue weighted by Crippen LogP contribution is 2.25. The van der Waals surface area contributed by atoms with Crippen molar-refractivity contribution in [1.29, 1.82) is 0 Å². The van der Waals surface area contributed by atoms with Gasteiger partial charge in [0.1, 0.15) is 5.75 Å². The molecule has 0 aromatic heterocycles. The summed E-state index contributed by atoms with van der Waals surface area (Å²) in [5.74, 6) is -0.261. The highest BCUT2D eigenvalue weighted by molar-refractivity contribution is 7.45. The Morgan fingerprint density at radius 1 is 1.19 bits per heavy atom. The molecule has 0 heterocycles. The normalized spacial score (nSPS) is 10.0. The van der Waals surface area contributed by atoms with Crippen molar-refractivity contribution in [3.05, 3.63) is 29.8 Å². The van der Waals surface area contributed by atoms with Crippen LogP contribution in [0.5, 0.6) is 5.75 Å². The molecule has 1 aromatic carbocycles. The first-order valence-electron chi connectivity index (χ1n) is 3.89. The van der Waals surface area contributed by atoms with Crippen molar-refractivity contribution in [2.45, 2.75) is 0 Å². The van der Waals surface area contributed by atoms with Crippen LogP contribution >= 0.6 is 7.82 Å². The maximum Gasteiger partial charge on any atom is 0.466 e. The van der Waals surface area contributed by atoms with E-state index in [9.17, 15) is 4.79 Å². The molecular weight excluding hydrogens is 239 g/mol. The van der Waals surface area contributed by atoms with Crippen molar-refractivity contribution in [3.8, 4) is 5.75 Å². The Kier molecular flexibility index (Phi) is 5.69. The number of methoxy groups -OCH3 is 1. The summed E-state index contributed by atoms with van der Waals surface area (Å²) in [6.45, 7) is 0. The van der Waals surface area contributed by atoms with E-state index in [0.717, 1.165) is 0 Å². The molecule has 1 rings (SSSR count). The number of phenolic OH excluding ortho intramolecular Hbond substituents is 1. The lowest BCUT2D eigenvalue weighted by Gasteiger charge is -1.97. The predicted octanol–water partition coefficient (Wildman–Crippen LogP) is 0.250. The van der Waals surface area contributed by atoms with Crippen LogP contribution in [0, 0.1) is 0 Å². The SMILES string of the molecule is COC(=O)c1ccc(O)cc1.O=P(O)(O)O. The fraction of sp³-hybridized carbons (Fsp3) is 0.125. The topological polar surface area (TPSA) is 124 Å². The molecule has 0 aliphatic carbocycles. The van der Waals surface area contributed by atoms with Gasteiger partial charge in [-0.3, -0.25) is 0 Å². The summed E-state index contributed by atoms with van der Waals surface area (Å²) < 4.78 is 13.3. The second-order valence-electron chi connectivity index (χ2n) is 2.55. The van der Waals surface area contributed by atoms with Crippen LogP contribution in [0.2, 0.25) is 0 Å². The van der Waals surface area contributed by atoms with Gasteiger partial charge in [-0.1, -0.05) is 0 Å². The van der Waals surface area contributed by atoms with Crippen LogP contribution in [-0.4, -0.2) is 32.9 Å². The lowest BCUT2D eigenvalue weighted by atomic mass is 10.2. The van der Waals surface area contributed by atoms with E-state index in [4.69, 9.17) is 24.4 Å². The minimum Gasteiger partial charge on any atom is -0.508 e. The van der Waals surface area contributed by atoms with Gasteiger partial charge in [-0.15, -0.1) is 0 Å². The van der Waals surface area contributed by atoms with E-state index >= 15 is 0 Å². The number of hydrogen-bond acceptors (Lipinski definition) is 4. The van der Waals surface area contributed by atoms with E-state index in [1.807, 2.05) is 0 Å². The molecule has 4 N–H and O–H groups in total. The molecule has 90 valence electrons. The zero-order valence-corrected chi connectivity index (χ0v) is 9.16. The molecule has 0 saturated carbocycles. The third-order valence-electron chi connectivity index (χ3n) is 1.29. The molecular formula is C8H11O7P. The van der Waals surface area contributed by atoms with Crippen molar-refractivity contribution < 1.29 is 33.9 Å². The number of phosphoric acid groups is 1. The van der Waals surface area contributed by atoms with E-state index in [0.29, 0.717) is 5.56 Å². The second-order valence-corrected chi connectivity index (χ2v) is 3.58. The van der Waals surface area contributed by atoms with Gasteiger partial charge in [0.25, 0.3) is 0 Å². The van der Waals surface area contributed by atoms with Crippen LogP contribution < -0.4 is 0 Å². The molecule has 8 heteroatoms. The molecule has 0 radical (unpaired) electrons. The fourth-order valence-corrected chi connectivity index (χ4v) is 0.715. The largest absolute Gasteiger partial charge is 0.508 e. The Morgan fingerprint density at radius 2 is 1.56 bits per heavy atom. The molecule has 0 unspecified atom stereocenters. The number of phenols is 1. The number of hydrogen-bond donors (Lipinski definition) is 4. The Hall–Kier alpha value is -1.40. The Morgan fingerprint density at radius 3 is 1.88 bits per heavy atom. The van der Waals surface area contributed by atoms with E-state index in [1.165, 1.54) is 31.4 Å². The number of carbonyl (C=O) groups is 1. The zero-order valence-electron chi connectivity index (χ0n) is 8.27. The average Bonchev–Trinajstić information content (AvgIpc) is 2.15. The van der Waals surface area contributed by atoms with Crippen LogP contribution in [-0.2, 0) is 9.30 Å². The van der Waals surface area contributed by atoms with E-state index in [-0.39, 0.29) is 5.75 Å². The second kappa shape index (κ2) is 6.24. The summed E-state index contributed by atoms with van der Waals surface area (Å²) in [5, 5.41) is 8.86. The summed E-state index contributed by atoms with van der Waals surface area (Å²) >= 11 is 0. The maximum atomic E-state index is 10.8. The van der Waals surface area contributed by atoms with E-state index in [1.54, 1.807) is 0 Å². The molecule has 0 spiro atoms. The van der Waals surface area contributed by atoms with Crippen molar-refractivity contribution in [2.24, 2.45) is 0 Å². The van der Waals surface area contributed by atoms with Gasteiger partial charge in [-0.25, -0.2) is 9.36 Å². The third-order valence-corrected chi connectivity index (χ3v) is 1.29. The Labute approximate surface area is 91.2 Å². The predicted molar refractivity (Wildman–Crippen MR) is 53.7 cm³/mol. The number of carbonyl (C=O) groups excluding carboxylic acids is 1. The van der Waals surface area contributed by atoms with Gasteiger partial charge in [0.05, 0.1) is 12.7 Å². The first kappa shape index (κ1) is 14.6. The molecule has 0 saturated heterocycles. The van der Waals surface area contributed by atoms with Crippen molar-refractivity contribution in [2.75, 3.05) is 7.11 Å². The summed E-state index contributed by atoms with van der Waals surface area (Å²) in [7, 11) is -3.32. The van der Waals surface area contributed by atoms with Gasteiger partial charge in [-0.2, -0.15) is 0 Å². The van der Waals surface area contributed by atoms with Crippen LogP contribution in [0.15, 0.2) is 24.3 Å². The highest BCUT2D eigenvalue weighted by atomic mass is 31.2. The third kappa shape index (κ3) is 7.95. The highest BCUT2D eigenvalue weighted by Gasteiger charge is 2.02. The van der Waals surface area contributed by atoms with Gasteiger partial charge in [0.15, 0.2) is 0 Å². The van der Waals surface area contributed by atoms with Gasteiger partial charge in [0.2, 0.25) is 0 Å². The number of esters is 1. The molecule has 0 fully saturated rings. The lowest BCUT2D eigenvalue weighted by Crippen LogP contribution is -1.99. The van der Waals surface area contributed by atoms with E-state index in [2.05, 4.69) is 4.74 Å². The van der Waals surface area contributed by atoms with Crippen molar-refractivity contribution >= 4 is 13.8 Å². The molecule has 0 bridgehead atoms. The quantitative estimate of drug-likeness (QED) is 0.416. The van der Waals surface area contributed by atoms with Gasteiger partial charge >= 0.3 is 13.8 Å². The molecule has 0 atom stereocenters. The summed E-state index contributed by atoms with van der Waals surface area (Å²) in [6.07, 6.45) is 0. The zero-order chi connectivity index (χ0) is 12.8. The standard InChI is InChI=1S/C8H8O3.H3O4P/c1-11-8(10)6-2-4-7(9)5-3-6;1-5(2,3)4/h2-5,9H,1H3;(H3,1,2,3,4). The number of ether oxygens (including phenoxy) is 1. The number of benzene rings is 1. The van der Waals surface area contributed by atoms with Gasteiger partial charge in [-0.05, 0) is 24.3 Å². The molecule has 16 heavy (non-hydrogen) atoms. The minimum absolute atomic E-state index is 0.137. The maximum absolute atomic E-state index is 10.8. The van der Waals surface area contributed by atoms with E-state index < -0.39 is 13.8 Å². The lowest BCUT2D eigenvalue weighted by molar-refractivity contribution is 0.0600.